The highest BCUT2D eigenvalue weighted by molar-refractivity contribution is 7.17. The van der Waals surface area contributed by atoms with E-state index in [9.17, 15) is 9.59 Å². The molecule has 0 bridgehead atoms. The number of carbonyl (C=O) groups excluding carboxylic acids is 2. The first-order valence-electron chi connectivity index (χ1n) is 8.06. The maximum atomic E-state index is 12.4. The first-order valence-corrected chi connectivity index (χ1v) is 9.82. The summed E-state index contributed by atoms with van der Waals surface area (Å²) in [7, 11) is 0. The number of aryl methyl sites for hydroxylation is 1. The van der Waals surface area contributed by atoms with Gasteiger partial charge in [0.2, 0.25) is 0 Å². The number of amides is 1. The molecule has 128 valence electrons. The van der Waals surface area contributed by atoms with E-state index in [0.29, 0.717) is 10.6 Å². The summed E-state index contributed by atoms with van der Waals surface area (Å²) in [5.74, 6) is -0.712. The van der Waals surface area contributed by atoms with Crippen LogP contribution in [0.2, 0.25) is 0 Å². The van der Waals surface area contributed by atoms with Crippen LogP contribution in [0.1, 0.15) is 48.0 Å². The van der Waals surface area contributed by atoms with Gasteiger partial charge >= 0.3 is 5.97 Å². The van der Waals surface area contributed by atoms with Crippen LogP contribution >= 0.6 is 22.7 Å². The first kappa shape index (κ1) is 17.1. The van der Waals surface area contributed by atoms with Crippen LogP contribution in [0.15, 0.2) is 16.8 Å². The van der Waals surface area contributed by atoms with Gasteiger partial charge in [-0.05, 0) is 38.1 Å². The highest BCUT2D eigenvalue weighted by Crippen LogP contribution is 2.30. The number of rotatable bonds is 5. The Morgan fingerprint density at radius 3 is 2.79 bits per heavy atom. The molecule has 0 aliphatic heterocycles. The number of aromatic nitrogens is 1. The second kappa shape index (κ2) is 7.44. The summed E-state index contributed by atoms with van der Waals surface area (Å²) < 4.78 is 5.34. The van der Waals surface area contributed by atoms with E-state index in [1.54, 1.807) is 25.2 Å². The van der Waals surface area contributed by atoms with E-state index in [2.05, 4.69) is 10.3 Å². The summed E-state index contributed by atoms with van der Waals surface area (Å²) in [6.07, 6.45) is 3.49. The first-order chi connectivity index (χ1) is 11.5. The zero-order chi connectivity index (χ0) is 17.1. The number of nitrogens with zero attached hydrogens (tertiary/aromatic N) is 1. The van der Waals surface area contributed by atoms with Gasteiger partial charge in [0.25, 0.3) is 5.91 Å². The molecular weight excluding hydrogens is 344 g/mol. The van der Waals surface area contributed by atoms with Gasteiger partial charge in [-0.3, -0.25) is 4.79 Å². The molecule has 0 radical (unpaired) electrons. The van der Waals surface area contributed by atoms with E-state index in [-0.39, 0.29) is 11.9 Å². The minimum atomic E-state index is -0.802. The van der Waals surface area contributed by atoms with Crippen molar-refractivity contribution >= 4 is 34.6 Å². The topological polar surface area (TPSA) is 68.3 Å². The molecule has 1 fully saturated rings. The van der Waals surface area contributed by atoms with Crippen molar-refractivity contribution in [2.75, 3.05) is 0 Å². The molecule has 1 aliphatic rings. The Hall–Kier alpha value is -1.73. The summed E-state index contributed by atoms with van der Waals surface area (Å²) in [5.41, 5.74) is 1.63. The van der Waals surface area contributed by atoms with Gasteiger partial charge in [-0.2, -0.15) is 11.3 Å². The van der Waals surface area contributed by atoms with E-state index >= 15 is 0 Å². The third-order valence-electron chi connectivity index (χ3n) is 4.10. The van der Waals surface area contributed by atoms with E-state index in [0.717, 1.165) is 36.3 Å². The lowest BCUT2D eigenvalue weighted by molar-refractivity contribution is -0.129. The fraction of sp³-hybridized carbons (Fsp3) is 0.471. The van der Waals surface area contributed by atoms with Crippen molar-refractivity contribution in [2.24, 2.45) is 0 Å². The number of nitrogens with one attached hydrogen (secondary N) is 1. The number of carbonyl (C=O) groups is 2. The van der Waals surface area contributed by atoms with Crippen molar-refractivity contribution in [3.8, 4) is 10.6 Å². The number of ether oxygens (including phenoxy) is 1. The highest BCUT2D eigenvalue weighted by atomic mass is 32.1. The Kier molecular flexibility index (Phi) is 5.30. The standard InChI is InChI=1S/C17H20N2O3S2/c1-10-14(24-16(18-10)12-7-8-23-9-12)17(21)22-11(2)15(20)19-13-5-3-4-6-13/h7-9,11,13H,3-6H2,1-2H3,(H,19,20)/t11-/m0/s1. The van der Waals surface area contributed by atoms with E-state index in [1.807, 2.05) is 16.8 Å². The molecular formula is C17H20N2O3S2. The molecule has 2 aromatic rings. The van der Waals surface area contributed by atoms with Gasteiger partial charge in [0.05, 0.1) is 5.69 Å². The quantitative estimate of drug-likeness (QED) is 0.820. The molecule has 3 rings (SSSR count). The number of hydrogen-bond donors (Lipinski definition) is 1. The molecule has 1 N–H and O–H groups in total. The minimum absolute atomic E-state index is 0.217. The molecule has 0 spiro atoms. The molecule has 0 aromatic carbocycles. The summed E-state index contributed by atoms with van der Waals surface area (Å²) in [6, 6.07) is 2.18. The largest absolute Gasteiger partial charge is 0.448 e. The maximum absolute atomic E-state index is 12.4. The second-order valence-electron chi connectivity index (χ2n) is 5.98. The normalized spacial score (nSPS) is 16.1. The lowest BCUT2D eigenvalue weighted by Gasteiger charge is -2.16. The molecule has 0 unspecified atom stereocenters. The summed E-state index contributed by atoms with van der Waals surface area (Å²) in [6.45, 7) is 3.39. The molecule has 1 atom stereocenters. The van der Waals surface area contributed by atoms with Crippen LogP contribution in [-0.4, -0.2) is 29.0 Å². The fourth-order valence-electron chi connectivity index (χ4n) is 2.75. The molecule has 24 heavy (non-hydrogen) atoms. The van der Waals surface area contributed by atoms with Crippen LogP contribution in [0.25, 0.3) is 10.6 Å². The molecule has 2 heterocycles. The summed E-state index contributed by atoms with van der Waals surface area (Å²) >= 11 is 2.89. The van der Waals surface area contributed by atoms with Gasteiger partial charge in [-0.25, -0.2) is 9.78 Å². The molecule has 7 heteroatoms. The minimum Gasteiger partial charge on any atom is -0.448 e. The Balaban J connectivity index is 1.62. The molecule has 5 nitrogen and oxygen atoms in total. The van der Waals surface area contributed by atoms with Crippen LogP contribution in [0, 0.1) is 6.92 Å². The Morgan fingerprint density at radius 2 is 2.12 bits per heavy atom. The van der Waals surface area contributed by atoms with Crippen molar-refractivity contribution in [1.29, 1.82) is 0 Å². The molecule has 0 saturated heterocycles. The average Bonchev–Trinajstić information content (AvgIpc) is 3.27. The number of thiazole rings is 1. The third kappa shape index (κ3) is 3.84. The number of esters is 1. The summed E-state index contributed by atoms with van der Waals surface area (Å²) in [5, 5.41) is 7.71. The lowest BCUT2D eigenvalue weighted by Crippen LogP contribution is -2.40. The van der Waals surface area contributed by atoms with Gasteiger partial charge in [0.1, 0.15) is 9.88 Å². The SMILES string of the molecule is Cc1nc(-c2ccsc2)sc1C(=O)O[C@@H](C)C(=O)NC1CCCC1. The van der Waals surface area contributed by atoms with Crippen LogP contribution in [0.5, 0.6) is 0 Å². The number of hydrogen-bond acceptors (Lipinski definition) is 6. The molecule has 1 amide bonds. The van der Waals surface area contributed by atoms with Gasteiger partial charge in [-0.15, -0.1) is 11.3 Å². The van der Waals surface area contributed by atoms with Gasteiger partial charge in [0, 0.05) is 17.0 Å². The third-order valence-corrected chi connectivity index (χ3v) is 5.97. The molecule has 1 aliphatic carbocycles. The van der Waals surface area contributed by atoms with Crippen molar-refractivity contribution in [3.63, 3.8) is 0 Å². The van der Waals surface area contributed by atoms with E-state index in [4.69, 9.17) is 4.74 Å². The zero-order valence-corrected chi connectivity index (χ0v) is 15.3. The van der Waals surface area contributed by atoms with Crippen molar-refractivity contribution in [3.05, 3.63) is 27.4 Å². The molecule has 1 saturated carbocycles. The van der Waals surface area contributed by atoms with Crippen LogP contribution in [0.3, 0.4) is 0 Å². The van der Waals surface area contributed by atoms with Gasteiger partial charge < -0.3 is 10.1 Å². The smallest absolute Gasteiger partial charge is 0.351 e. The second-order valence-corrected chi connectivity index (χ2v) is 7.76. The monoisotopic (exact) mass is 364 g/mol. The summed E-state index contributed by atoms with van der Waals surface area (Å²) in [4.78, 5) is 29.4. The zero-order valence-electron chi connectivity index (χ0n) is 13.7. The van der Waals surface area contributed by atoms with E-state index < -0.39 is 12.1 Å². The Bertz CT molecular complexity index is 718. The Morgan fingerprint density at radius 1 is 1.38 bits per heavy atom. The van der Waals surface area contributed by atoms with Gasteiger partial charge in [0.15, 0.2) is 6.10 Å². The van der Waals surface area contributed by atoms with Crippen molar-refractivity contribution in [1.82, 2.24) is 10.3 Å². The highest BCUT2D eigenvalue weighted by Gasteiger charge is 2.25. The molecule has 2 aromatic heterocycles. The maximum Gasteiger partial charge on any atom is 0.351 e. The predicted octanol–water partition coefficient (Wildman–Crippen LogP) is 3.78. The number of thiophene rings is 1. The van der Waals surface area contributed by atoms with Crippen LogP contribution in [-0.2, 0) is 9.53 Å². The lowest BCUT2D eigenvalue weighted by atomic mass is 10.2. The fourth-order valence-corrected chi connectivity index (χ4v) is 4.41. The average molecular weight is 364 g/mol. The predicted molar refractivity (Wildman–Crippen MR) is 95.4 cm³/mol. The van der Waals surface area contributed by atoms with Gasteiger partial charge in [-0.1, -0.05) is 12.8 Å². The Labute approximate surface area is 149 Å². The van der Waals surface area contributed by atoms with E-state index in [1.165, 1.54) is 11.3 Å². The van der Waals surface area contributed by atoms with Crippen LogP contribution < -0.4 is 5.32 Å². The van der Waals surface area contributed by atoms with Crippen molar-refractivity contribution in [2.45, 2.75) is 51.7 Å². The van der Waals surface area contributed by atoms with Crippen molar-refractivity contribution < 1.29 is 14.3 Å². The van der Waals surface area contributed by atoms with Crippen LogP contribution in [0.4, 0.5) is 0 Å².